The summed E-state index contributed by atoms with van der Waals surface area (Å²) in [7, 11) is -3.12. The van der Waals surface area contributed by atoms with Crippen LogP contribution in [0.3, 0.4) is 0 Å². The average Bonchev–Trinajstić information content (AvgIpc) is 2.85. The Labute approximate surface area is 85.8 Å². The molecule has 5 heteroatoms. The molecule has 0 radical (unpaired) electrons. The maximum atomic E-state index is 11.5. The van der Waals surface area contributed by atoms with E-state index in [4.69, 9.17) is 5.11 Å². The summed E-state index contributed by atoms with van der Waals surface area (Å²) in [6.07, 6.45) is 2.06. The van der Waals surface area contributed by atoms with Crippen LogP contribution in [0, 0.1) is 11.3 Å². The van der Waals surface area contributed by atoms with Crippen LogP contribution in [0.5, 0.6) is 0 Å². The van der Waals surface area contributed by atoms with Crippen molar-refractivity contribution in [1.82, 2.24) is 4.72 Å². The number of nitrogens with one attached hydrogen (secondary N) is 1. The van der Waals surface area contributed by atoms with Gasteiger partial charge in [0, 0.05) is 18.6 Å². The van der Waals surface area contributed by atoms with Crippen LogP contribution in [0.25, 0.3) is 0 Å². The molecule has 1 saturated carbocycles. The minimum Gasteiger partial charge on any atom is -0.396 e. The quantitative estimate of drug-likeness (QED) is 0.679. The molecule has 1 aliphatic rings. The van der Waals surface area contributed by atoms with Crippen LogP contribution in [-0.2, 0) is 10.0 Å². The van der Waals surface area contributed by atoms with Gasteiger partial charge in [-0.15, -0.1) is 0 Å². The van der Waals surface area contributed by atoms with Gasteiger partial charge in [0.1, 0.15) is 0 Å². The van der Waals surface area contributed by atoms with Gasteiger partial charge < -0.3 is 5.11 Å². The molecular formula is C9H19NO3S. The number of aliphatic hydroxyl groups is 1. The number of aliphatic hydroxyl groups excluding tert-OH is 1. The van der Waals surface area contributed by atoms with Gasteiger partial charge in [0.25, 0.3) is 0 Å². The molecule has 0 heterocycles. The van der Waals surface area contributed by atoms with Crippen molar-refractivity contribution in [2.24, 2.45) is 11.3 Å². The van der Waals surface area contributed by atoms with Crippen LogP contribution in [0.4, 0.5) is 0 Å². The van der Waals surface area contributed by atoms with Crippen LogP contribution in [0.15, 0.2) is 0 Å². The lowest BCUT2D eigenvalue weighted by molar-refractivity contribution is 0.163. The van der Waals surface area contributed by atoms with E-state index in [0.717, 1.165) is 12.8 Å². The molecule has 4 nitrogen and oxygen atoms in total. The number of hydrogen-bond donors (Lipinski definition) is 2. The second-order valence-corrected chi connectivity index (χ2v) is 6.72. The van der Waals surface area contributed by atoms with Gasteiger partial charge in [-0.1, -0.05) is 13.8 Å². The lowest BCUT2D eigenvalue weighted by atomic mass is 9.96. The molecule has 1 rings (SSSR count). The summed E-state index contributed by atoms with van der Waals surface area (Å²) in [5.74, 6) is 0.610. The molecule has 0 unspecified atom stereocenters. The molecule has 0 atom stereocenters. The number of hydrogen-bond acceptors (Lipinski definition) is 3. The van der Waals surface area contributed by atoms with Gasteiger partial charge in [-0.05, 0) is 18.8 Å². The summed E-state index contributed by atoms with van der Waals surface area (Å²) in [6, 6.07) is 0. The molecule has 84 valence electrons. The summed E-state index contributed by atoms with van der Waals surface area (Å²) in [4.78, 5) is 0. The standard InChI is InChI=1S/C9H19NO3S/c1-9(2,7-11)6-10-14(12,13)5-8-3-4-8/h8,10-11H,3-7H2,1-2H3. The van der Waals surface area contributed by atoms with Crippen LogP contribution in [0.1, 0.15) is 26.7 Å². The van der Waals surface area contributed by atoms with E-state index in [9.17, 15) is 8.42 Å². The molecule has 2 N–H and O–H groups in total. The summed E-state index contributed by atoms with van der Waals surface area (Å²) in [5, 5.41) is 8.95. The van der Waals surface area contributed by atoms with Crippen molar-refractivity contribution in [3.63, 3.8) is 0 Å². The van der Waals surface area contributed by atoms with E-state index in [0.29, 0.717) is 12.5 Å². The molecule has 0 aromatic heterocycles. The molecule has 0 bridgehead atoms. The van der Waals surface area contributed by atoms with E-state index >= 15 is 0 Å². The predicted molar refractivity (Wildman–Crippen MR) is 55.4 cm³/mol. The molecule has 0 aromatic rings. The summed E-state index contributed by atoms with van der Waals surface area (Å²) >= 11 is 0. The van der Waals surface area contributed by atoms with Gasteiger partial charge in [0.15, 0.2) is 0 Å². The normalized spacial score (nSPS) is 18.5. The molecule has 0 saturated heterocycles. The highest BCUT2D eigenvalue weighted by molar-refractivity contribution is 7.89. The van der Waals surface area contributed by atoms with Crippen molar-refractivity contribution in [2.45, 2.75) is 26.7 Å². The van der Waals surface area contributed by atoms with Gasteiger partial charge in [0.05, 0.1) is 5.75 Å². The van der Waals surface area contributed by atoms with Crippen molar-refractivity contribution in [3.05, 3.63) is 0 Å². The van der Waals surface area contributed by atoms with Crippen LogP contribution in [0.2, 0.25) is 0 Å². The Balaban J connectivity index is 2.35. The Morgan fingerprint density at radius 1 is 1.43 bits per heavy atom. The monoisotopic (exact) mass is 221 g/mol. The zero-order valence-corrected chi connectivity index (χ0v) is 9.60. The summed E-state index contributed by atoms with van der Waals surface area (Å²) in [5.41, 5.74) is -0.378. The molecule has 0 aliphatic heterocycles. The van der Waals surface area contributed by atoms with Gasteiger partial charge in [-0.2, -0.15) is 0 Å². The second kappa shape index (κ2) is 4.16. The number of rotatable bonds is 6. The Bertz CT molecular complexity index is 280. The second-order valence-electron chi connectivity index (χ2n) is 4.87. The highest BCUT2D eigenvalue weighted by atomic mass is 32.2. The van der Waals surface area contributed by atoms with E-state index < -0.39 is 10.0 Å². The lowest BCUT2D eigenvalue weighted by Crippen LogP contribution is -2.37. The van der Waals surface area contributed by atoms with E-state index in [1.165, 1.54) is 0 Å². The fourth-order valence-corrected chi connectivity index (χ4v) is 2.70. The zero-order valence-electron chi connectivity index (χ0n) is 8.78. The Morgan fingerprint density at radius 3 is 2.43 bits per heavy atom. The summed E-state index contributed by atoms with van der Waals surface area (Å²) in [6.45, 7) is 3.94. The highest BCUT2D eigenvalue weighted by Crippen LogP contribution is 2.30. The fourth-order valence-electron chi connectivity index (χ4n) is 1.01. The van der Waals surface area contributed by atoms with Gasteiger partial charge in [-0.25, -0.2) is 13.1 Å². The first-order valence-electron chi connectivity index (χ1n) is 4.93. The molecule has 1 fully saturated rings. The van der Waals surface area contributed by atoms with E-state index in [1.54, 1.807) is 0 Å². The lowest BCUT2D eigenvalue weighted by Gasteiger charge is -2.21. The minimum atomic E-state index is -3.12. The van der Waals surface area contributed by atoms with Crippen molar-refractivity contribution >= 4 is 10.0 Å². The van der Waals surface area contributed by atoms with Crippen molar-refractivity contribution < 1.29 is 13.5 Å². The van der Waals surface area contributed by atoms with Gasteiger partial charge in [0.2, 0.25) is 10.0 Å². The molecule has 0 spiro atoms. The van der Waals surface area contributed by atoms with Gasteiger partial charge >= 0.3 is 0 Å². The SMILES string of the molecule is CC(C)(CO)CNS(=O)(=O)CC1CC1. The first-order valence-corrected chi connectivity index (χ1v) is 6.58. The molecular weight excluding hydrogens is 202 g/mol. The van der Waals surface area contributed by atoms with E-state index in [-0.39, 0.29) is 17.8 Å². The van der Waals surface area contributed by atoms with Crippen molar-refractivity contribution in [3.8, 4) is 0 Å². The molecule has 14 heavy (non-hydrogen) atoms. The van der Waals surface area contributed by atoms with Crippen LogP contribution < -0.4 is 4.72 Å². The molecule has 1 aliphatic carbocycles. The summed E-state index contributed by atoms with van der Waals surface area (Å²) < 4.78 is 25.4. The zero-order chi connectivity index (χ0) is 10.8. The fraction of sp³-hybridized carbons (Fsp3) is 1.00. The third-order valence-corrected chi connectivity index (χ3v) is 3.85. The van der Waals surface area contributed by atoms with E-state index in [2.05, 4.69) is 4.72 Å². The Morgan fingerprint density at radius 2 is 2.00 bits per heavy atom. The Kier molecular flexibility index (Phi) is 3.55. The Hall–Kier alpha value is -0.130. The van der Waals surface area contributed by atoms with E-state index in [1.807, 2.05) is 13.8 Å². The topological polar surface area (TPSA) is 66.4 Å². The third-order valence-electron chi connectivity index (χ3n) is 2.35. The van der Waals surface area contributed by atoms with Crippen LogP contribution >= 0.6 is 0 Å². The average molecular weight is 221 g/mol. The van der Waals surface area contributed by atoms with Crippen molar-refractivity contribution in [2.75, 3.05) is 18.9 Å². The largest absolute Gasteiger partial charge is 0.396 e. The minimum absolute atomic E-state index is 0.0149. The van der Waals surface area contributed by atoms with Gasteiger partial charge in [-0.3, -0.25) is 0 Å². The van der Waals surface area contributed by atoms with Crippen LogP contribution in [-0.4, -0.2) is 32.4 Å². The smallest absolute Gasteiger partial charge is 0.211 e. The molecule has 0 aromatic carbocycles. The van der Waals surface area contributed by atoms with Crippen molar-refractivity contribution in [1.29, 1.82) is 0 Å². The third kappa shape index (κ3) is 4.39. The molecule has 0 amide bonds. The first-order chi connectivity index (χ1) is 6.35. The first kappa shape index (κ1) is 11.9. The maximum Gasteiger partial charge on any atom is 0.211 e. The number of sulfonamides is 1. The predicted octanol–water partition coefficient (Wildman–Crippen LogP) is 0.334. The maximum absolute atomic E-state index is 11.5. The highest BCUT2D eigenvalue weighted by Gasteiger charge is 2.29.